The molecular weight excluding hydrogens is 284 g/mol. The molecule has 118 valence electrons. The van der Waals surface area contributed by atoms with E-state index in [1.807, 2.05) is 6.07 Å². The van der Waals surface area contributed by atoms with Gasteiger partial charge in [0.1, 0.15) is 5.75 Å². The summed E-state index contributed by atoms with van der Waals surface area (Å²) in [6, 6.07) is 15.5. The third kappa shape index (κ3) is 2.41. The van der Waals surface area contributed by atoms with Crippen molar-refractivity contribution < 1.29 is 4.74 Å². The molecule has 0 saturated carbocycles. The molecule has 3 heteroatoms. The molecule has 0 spiro atoms. The van der Waals surface area contributed by atoms with Crippen LogP contribution in [0.5, 0.6) is 5.75 Å². The van der Waals surface area contributed by atoms with Gasteiger partial charge in [0, 0.05) is 23.1 Å². The number of fused-ring (bicyclic) bond motifs is 3. The number of nitrogens with one attached hydrogen (secondary N) is 2. The molecule has 1 atom stereocenters. The summed E-state index contributed by atoms with van der Waals surface area (Å²) >= 11 is 0. The lowest BCUT2D eigenvalue weighted by Gasteiger charge is -2.25. The van der Waals surface area contributed by atoms with Gasteiger partial charge in [-0.05, 0) is 47.7 Å². The minimum absolute atomic E-state index is 0.239. The van der Waals surface area contributed by atoms with Crippen LogP contribution in [0.1, 0.15) is 35.3 Å². The first kappa shape index (κ1) is 14.3. The second-order valence-corrected chi connectivity index (χ2v) is 6.16. The van der Waals surface area contributed by atoms with Crippen LogP contribution in [-0.4, -0.2) is 18.6 Å². The van der Waals surface area contributed by atoms with Crippen molar-refractivity contribution >= 4 is 10.9 Å². The first-order valence-electron chi connectivity index (χ1n) is 8.31. The fourth-order valence-electron chi connectivity index (χ4n) is 3.56. The monoisotopic (exact) mass is 306 g/mol. The highest BCUT2D eigenvalue weighted by molar-refractivity contribution is 5.86. The summed E-state index contributed by atoms with van der Waals surface area (Å²) in [6.45, 7) is 3.19. The summed E-state index contributed by atoms with van der Waals surface area (Å²) in [6.07, 6.45) is 2.13. The molecule has 2 N–H and O–H groups in total. The predicted octanol–water partition coefficient (Wildman–Crippen LogP) is 3.97. The standard InChI is InChI=1S/C20H22N2O/c1-3-13-4-6-14(7-5-13)19-20-16(10-11-21-19)17-12-15(23-2)8-9-18(17)22-20/h4-9,12,19,21-22H,3,10-11H2,1-2H3. The molecule has 4 rings (SSSR count). The average Bonchev–Trinajstić information content (AvgIpc) is 2.99. The van der Waals surface area contributed by atoms with Crippen LogP contribution in [0.3, 0.4) is 0 Å². The van der Waals surface area contributed by atoms with Gasteiger partial charge in [-0.2, -0.15) is 0 Å². The predicted molar refractivity (Wildman–Crippen MR) is 94.2 cm³/mol. The lowest BCUT2D eigenvalue weighted by molar-refractivity contribution is 0.415. The highest BCUT2D eigenvalue weighted by Crippen LogP contribution is 2.35. The third-order valence-corrected chi connectivity index (χ3v) is 4.88. The maximum absolute atomic E-state index is 5.39. The second kappa shape index (κ2) is 5.74. The van der Waals surface area contributed by atoms with Crippen molar-refractivity contribution in [2.75, 3.05) is 13.7 Å². The molecule has 1 aliphatic heterocycles. The van der Waals surface area contributed by atoms with Gasteiger partial charge in [0.15, 0.2) is 0 Å². The minimum atomic E-state index is 0.239. The zero-order valence-corrected chi connectivity index (χ0v) is 13.6. The van der Waals surface area contributed by atoms with Gasteiger partial charge in [0.25, 0.3) is 0 Å². The fourth-order valence-corrected chi connectivity index (χ4v) is 3.56. The van der Waals surface area contributed by atoms with E-state index in [2.05, 4.69) is 53.6 Å². The summed E-state index contributed by atoms with van der Waals surface area (Å²) in [5.74, 6) is 0.918. The number of methoxy groups -OCH3 is 1. The van der Waals surface area contributed by atoms with E-state index in [0.717, 1.165) is 25.1 Å². The van der Waals surface area contributed by atoms with Gasteiger partial charge in [0.2, 0.25) is 0 Å². The van der Waals surface area contributed by atoms with E-state index in [-0.39, 0.29) is 6.04 Å². The lowest BCUT2D eigenvalue weighted by Crippen LogP contribution is -2.30. The molecule has 0 aliphatic carbocycles. The van der Waals surface area contributed by atoms with E-state index in [0.29, 0.717) is 0 Å². The molecule has 1 aromatic heterocycles. The maximum Gasteiger partial charge on any atom is 0.119 e. The number of benzene rings is 2. The van der Waals surface area contributed by atoms with Crippen LogP contribution in [0.25, 0.3) is 10.9 Å². The Bertz CT molecular complexity index is 833. The molecule has 2 heterocycles. The van der Waals surface area contributed by atoms with E-state index in [1.165, 1.54) is 33.3 Å². The first-order chi connectivity index (χ1) is 11.3. The van der Waals surface area contributed by atoms with Gasteiger partial charge in [-0.15, -0.1) is 0 Å². The zero-order chi connectivity index (χ0) is 15.8. The Morgan fingerprint density at radius 1 is 1.13 bits per heavy atom. The fraction of sp³-hybridized carbons (Fsp3) is 0.300. The van der Waals surface area contributed by atoms with Gasteiger partial charge in [0.05, 0.1) is 13.2 Å². The van der Waals surface area contributed by atoms with Crippen molar-refractivity contribution in [1.82, 2.24) is 10.3 Å². The Hall–Kier alpha value is -2.26. The molecule has 3 aromatic rings. The summed E-state index contributed by atoms with van der Waals surface area (Å²) < 4.78 is 5.39. The van der Waals surface area contributed by atoms with Crippen LogP contribution < -0.4 is 10.1 Å². The van der Waals surface area contributed by atoms with Crippen molar-refractivity contribution in [3.63, 3.8) is 0 Å². The first-order valence-corrected chi connectivity index (χ1v) is 8.31. The number of H-pyrrole nitrogens is 1. The Morgan fingerprint density at radius 3 is 2.70 bits per heavy atom. The van der Waals surface area contributed by atoms with Crippen molar-refractivity contribution in [3.05, 3.63) is 64.8 Å². The number of hydrogen-bond acceptors (Lipinski definition) is 2. The Kier molecular flexibility index (Phi) is 3.58. The smallest absolute Gasteiger partial charge is 0.119 e. The molecule has 1 unspecified atom stereocenters. The number of aryl methyl sites for hydroxylation is 1. The average molecular weight is 306 g/mol. The second-order valence-electron chi connectivity index (χ2n) is 6.16. The van der Waals surface area contributed by atoms with Crippen LogP contribution >= 0.6 is 0 Å². The van der Waals surface area contributed by atoms with Crippen molar-refractivity contribution in [2.45, 2.75) is 25.8 Å². The molecule has 0 amide bonds. The number of rotatable bonds is 3. The van der Waals surface area contributed by atoms with Crippen LogP contribution in [0.4, 0.5) is 0 Å². The molecule has 0 fully saturated rings. The Morgan fingerprint density at radius 2 is 1.96 bits per heavy atom. The topological polar surface area (TPSA) is 37.0 Å². The molecule has 23 heavy (non-hydrogen) atoms. The normalized spacial score (nSPS) is 17.2. The zero-order valence-electron chi connectivity index (χ0n) is 13.6. The lowest BCUT2D eigenvalue weighted by atomic mass is 9.93. The summed E-state index contributed by atoms with van der Waals surface area (Å²) in [7, 11) is 1.72. The van der Waals surface area contributed by atoms with Gasteiger partial charge in [-0.1, -0.05) is 31.2 Å². The quantitative estimate of drug-likeness (QED) is 0.768. The number of ether oxygens (including phenoxy) is 1. The summed E-state index contributed by atoms with van der Waals surface area (Å²) in [5.41, 5.74) is 6.61. The molecule has 0 radical (unpaired) electrons. The highest BCUT2D eigenvalue weighted by Gasteiger charge is 2.25. The summed E-state index contributed by atoms with van der Waals surface area (Å²) in [5, 5.41) is 4.94. The minimum Gasteiger partial charge on any atom is -0.497 e. The largest absolute Gasteiger partial charge is 0.497 e. The van der Waals surface area contributed by atoms with Crippen LogP contribution in [0.2, 0.25) is 0 Å². The molecular formula is C20H22N2O. The van der Waals surface area contributed by atoms with Crippen molar-refractivity contribution in [3.8, 4) is 5.75 Å². The third-order valence-electron chi connectivity index (χ3n) is 4.88. The molecule has 0 saturated heterocycles. The van der Waals surface area contributed by atoms with Crippen LogP contribution in [0, 0.1) is 0 Å². The van der Waals surface area contributed by atoms with E-state index in [1.54, 1.807) is 7.11 Å². The SMILES string of the molecule is CCc1ccc(C2NCCc3c2[nH]c2ccc(OC)cc32)cc1. The van der Waals surface area contributed by atoms with Crippen molar-refractivity contribution in [2.24, 2.45) is 0 Å². The van der Waals surface area contributed by atoms with E-state index in [4.69, 9.17) is 4.74 Å². The van der Waals surface area contributed by atoms with Crippen LogP contribution in [-0.2, 0) is 12.8 Å². The number of aromatic nitrogens is 1. The van der Waals surface area contributed by atoms with Crippen molar-refractivity contribution in [1.29, 1.82) is 0 Å². The Balaban J connectivity index is 1.81. The van der Waals surface area contributed by atoms with E-state index < -0.39 is 0 Å². The highest BCUT2D eigenvalue weighted by atomic mass is 16.5. The van der Waals surface area contributed by atoms with Gasteiger partial charge in [-0.3, -0.25) is 0 Å². The van der Waals surface area contributed by atoms with Gasteiger partial charge < -0.3 is 15.0 Å². The van der Waals surface area contributed by atoms with Gasteiger partial charge in [-0.25, -0.2) is 0 Å². The molecule has 3 nitrogen and oxygen atoms in total. The molecule has 2 aromatic carbocycles. The van der Waals surface area contributed by atoms with E-state index in [9.17, 15) is 0 Å². The number of hydrogen-bond donors (Lipinski definition) is 2. The molecule has 1 aliphatic rings. The summed E-state index contributed by atoms with van der Waals surface area (Å²) in [4.78, 5) is 3.63. The van der Waals surface area contributed by atoms with Crippen LogP contribution in [0.15, 0.2) is 42.5 Å². The van der Waals surface area contributed by atoms with E-state index >= 15 is 0 Å². The number of aromatic amines is 1. The van der Waals surface area contributed by atoms with Gasteiger partial charge >= 0.3 is 0 Å². The molecule has 0 bridgehead atoms. The maximum atomic E-state index is 5.39. The Labute approximate surface area is 136 Å².